The molecule has 1 aliphatic carbocycles. The molecule has 6 heteroatoms. The minimum atomic E-state index is -0.731. The number of halogens is 1. The fraction of sp³-hybridized carbons (Fsp3) is 0.667. The fourth-order valence-electron chi connectivity index (χ4n) is 4.16. The zero-order chi connectivity index (χ0) is 19.1. The third-order valence-electron chi connectivity index (χ3n) is 5.73. The minimum Gasteiger partial charge on any atom is -0.386 e. The third-order valence-corrected chi connectivity index (χ3v) is 5.73. The number of aliphatic imine (C=N–C) groups is 1. The van der Waals surface area contributed by atoms with Crippen LogP contribution in [0.3, 0.4) is 0 Å². The predicted molar refractivity (Wildman–Crippen MR) is 107 cm³/mol. The van der Waals surface area contributed by atoms with E-state index in [1.165, 1.54) is 37.8 Å². The molecule has 1 aliphatic heterocycles. The van der Waals surface area contributed by atoms with Crippen LogP contribution in [0.2, 0.25) is 0 Å². The van der Waals surface area contributed by atoms with Crippen molar-refractivity contribution in [3.63, 3.8) is 0 Å². The molecule has 3 rings (SSSR count). The molecule has 3 N–H and O–H groups in total. The first-order valence-electron chi connectivity index (χ1n) is 10.4. The van der Waals surface area contributed by atoms with Gasteiger partial charge in [0.15, 0.2) is 5.96 Å². The van der Waals surface area contributed by atoms with Crippen molar-refractivity contribution in [1.29, 1.82) is 0 Å². The summed E-state index contributed by atoms with van der Waals surface area (Å²) in [4.78, 5) is 7.20. The van der Waals surface area contributed by atoms with Gasteiger partial charge in [0.05, 0.1) is 12.6 Å². The van der Waals surface area contributed by atoms with E-state index in [0.717, 1.165) is 44.5 Å². The van der Waals surface area contributed by atoms with E-state index < -0.39 is 6.10 Å². The Hall–Kier alpha value is -1.66. The van der Waals surface area contributed by atoms with E-state index in [1.54, 1.807) is 12.1 Å². The van der Waals surface area contributed by atoms with Gasteiger partial charge < -0.3 is 20.6 Å². The van der Waals surface area contributed by atoms with E-state index in [4.69, 9.17) is 0 Å². The molecule has 1 atom stereocenters. The van der Waals surface area contributed by atoms with E-state index in [1.807, 2.05) is 6.92 Å². The Kier molecular flexibility index (Phi) is 7.47. The Balaban J connectivity index is 1.49. The van der Waals surface area contributed by atoms with E-state index in [2.05, 4.69) is 20.5 Å². The Morgan fingerprint density at radius 3 is 2.48 bits per heavy atom. The van der Waals surface area contributed by atoms with Crippen molar-refractivity contribution < 1.29 is 9.50 Å². The zero-order valence-electron chi connectivity index (χ0n) is 16.3. The highest BCUT2D eigenvalue weighted by molar-refractivity contribution is 5.80. The number of aliphatic hydroxyl groups excluding tert-OH is 1. The van der Waals surface area contributed by atoms with Gasteiger partial charge in [-0.05, 0) is 50.3 Å². The summed E-state index contributed by atoms with van der Waals surface area (Å²) in [5.41, 5.74) is 0.681. The van der Waals surface area contributed by atoms with Gasteiger partial charge >= 0.3 is 0 Å². The number of likely N-dealkylation sites (tertiary alicyclic amines) is 1. The van der Waals surface area contributed by atoms with Crippen LogP contribution in [0.15, 0.2) is 29.3 Å². The van der Waals surface area contributed by atoms with Crippen LogP contribution in [0.5, 0.6) is 0 Å². The number of hydrogen-bond donors (Lipinski definition) is 3. The van der Waals surface area contributed by atoms with Crippen molar-refractivity contribution in [3.05, 3.63) is 35.6 Å². The molecule has 2 aliphatic rings. The number of benzene rings is 1. The van der Waals surface area contributed by atoms with Gasteiger partial charge in [-0.1, -0.05) is 25.0 Å². The lowest BCUT2D eigenvalue weighted by Gasteiger charge is -2.36. The second-order valence-corrected chi connectivity index (χ2v) is 7.68. The van der Waals surface area contributed by atoms with Gasteiger partial charge in [-0.25, -0.2) is 4.39 Å². The molecular formula is C21H33FN4O. The molecule has 0 radical (unpaired) electrons. The molecule has 2 fully saturated rings. The Morgan fingerprint density at radius 2 is 1.85 bits per heavy atom. The van der Waals surface area contributed by atoms with Gasteiger partial charge in [0.1, 0.15) is 5.82 Å². The summed E-state index contributed by atoms with van der Waals surface area (Å²) in [6.07, 6.45) is 7.02. The molecule has 1 unspecified atom stereocenters. The van der Waals surface area contributed by atoms with Crippen LogP contribution in [0.4, 0.5) is 4.39 Å². The Morgan fingerprint density at radius 1 is 1.19 bits per heavy atom. The number of aliphatic hydroxyl groups is 1. The number of nitrogens with zero attached hydrogens (tertiary/aromatic N) is 2. The molecule has 0 bridgehead atoms. The maximum absolute atomic E-state index is 13.0. The quantitative estimate of drug-likeness (QED) is 0.528. The van der Waals surface area contributed by atoms with E-state index >= 15 is 0 Å². The third kappa shape index (κ3) is 5.91. The van der Waals surface area contributed by atoms with Crippen molar-refractivity contribution in [2.45, 2.75) is 63.6 Å². The van der Waals surface area contributed by atoms with Gasteiger partial charge in [-0.2, -0.15) is 0 Å². The van der Waals surface area contributed by atoms with E-state index in [9.17, 15) is 9.50 Å². The van der Waals surface area contributed by atoms with Crippen molar-refractivity contribution >= 4 is 5.96 Å². The van der Waals surface area contributed by atoms with Crippen LogP contribution in [0.1, 0.15) is 57.1 Å². The molecule has 150 valence electrons. The first kappa shape index (κ1) is 20.1. The van der Waals surface area contributed by atoms with Crippen LogP contribution in [0.25, 0.3) is 0 Å². The SMILES string of the molecule is CCNC(=NCC(O)c1ccc(F)cc1)NC1CCN(C2CCCC2)CC1. The monoisotopic (exact) mass is 376 g/mol. The molecule has 0 amide bonds. The van der Waals surface area contributed by atoms with E-state index in [0.29, 0.717) is 11.6 Å². The molecular weight excluding hydrogens is 343 g/mol. The van der Waals surface area contributed by atoms with Crippen molar-refractivity contribution in [3.8, 4) is 0 Å². The first-order valence-corrected chi connectivity index (χ1v) is 10.4. The number of guanidine groups is 1. The Labute approximate surface area is 162 Å². The topological polar surface area (TPSA) is 59.9 Å². The molecule has 27 heavy (non-hydrogen) atoms. The Bertz CT molecular complexity index is 593. The first-order chi connectivity index (χ1) is 13.2. The molecule has 5 nitrogen and oxygen atoms in total. The molecule has 1 aromatic carbocycles. The summed E-state index contributed by atoms with van der Waals surface area (Å²) < 4.78 is 13.0. The second kappa shape index (κ2) is 10.0. The van der Waals surface area contributed by atoms with Crippen molar-refractivity contribution in [2.75, 3.05) is 26.2 Å². The van der Waals surface area contributed by atoms with Gasteiger partial charge in [-0.15, -0.1) is 0 Å². The van der Waals surface area contributed by atoms with Gasteiger partial charge in [0, 0.05) is 31.7 Å². The largest absolute Gasteiger partial charge is 0.386 e. The summed E-state index contributed by atoms with van der Waals surface area (Å²) >= 11 is 0. The van der Waals surface area contributed by atoms with Gasteiger partial charge in [0.2, 0.25) is 0 Å². The molecule has 1 saturated carbocycles. The molecule has 1 heterocycles. The number of hydrogen-bond acceptors (Lipinski definition) is 3. The maximum Gasteiger partial charge on any atom is 0.191 e. The van der Waals surface area contributed by atoms with E-state index in [-0.39, 0.29) is 12.4 Å². The van der Waals surface area contributed by atoms with Crippen LogP contribution in [-0.2, 0) is 0 Å². The summed E-state index contributed by atoms with van der Waals surface area (Å²) in [6.45, 7) is 5.37. The van der Waals surface area contributed by atoms with Crippen molar-refractivity contribution in [1.82, 2.24) is 15.5 Å². The summed E-state index contributed by atoms with van der Waals surface area (Å²) in [7, 11) is 0. The minimum absolute atomic E-state index is 0.252. The number of piperidine rings is 1. The highest BCUT2D eigenvalue weighted by Crippen LogP contribution is 2.26. The normalized spacial score (nSPS) is 21.4. The standard InChI is InChI=1S/C21H33FN4O/c1-2-23-21(24-15-20(27)16-7-9-17(22)10-8-16)25-18-11-13-26(14-12-18)19-5-3-4-6-19/h7-10,18-20,27H,2-6,11-15H2,1H3,(H2,23,24,25). The summed E-state index contributed by atoms with van der Waals surface area (Å²) in [5.74, 6) is 0.450. The highest BCUT2D eigenvalue weighted by Gasteiger charge is 2.27. The summed E-state index contributed by atoms with van der Waals surface area (Å²) in [6, 6.07) is 7.17. The highest BCUT2D eigenvalue weighted by atomic mass is 19.1. The fourth-order valence-corrected chi connectivity index (χ4v) is 4.16. The number of nitrogens with one attached hydrogen (secondary N) is 2. The summed E-state index contributed by atoms with van der Waals surface area (Å²) in [5, 5.41) is 17.1. The van der Waals surface area contributed by atoms with Crippen LogP contribution in [0, 0.1) is 5.82 Å². The molecule has 1 saturated heterocycles. The second-order valence-electron chi connectivity index (χ2n) is 7.68. The lowest BCUT2D eigenvalue weighted by atomic mass is 10.0. The predicted octanol–water partition coefficient (Wildman–Crippen LogP) is 2.82. The van der Waals surface area contributed by atoms with Crippen molar-refractivity contribution in [2.24, 2.45) is 4.99 Å². The smallest absolute Gasteiger partial charge is 0.191 e. The maximum atomic E-state index is 13.0. The lowest BCUT2D eigenvalue weighted by Crippen LogP contribution is -2.50. The van der Waals surface area contributed by atoms with Crippen LogP contribution in [-0.4, -0.2) is 54.2 Å². The molecule has 0 aromatic heterocycles. The molecule has 1 aromatic rings. The average Bonchev–Trinajstić information content (AvgIpc) is 3.22. The lowest BCUT2D eigenvalue weighted by molar-refractivity contribution is 0.150. The average molecular weight is 377 g/mol. The zero-order valence-corrected chi connectivity index (χ0v) is 16.3. The van der Waals surface area contributed by atoms with Gasteiger partial charge in [-0.3, -0.25) is 4.99 Å². The van der Waals surface area contributed by atoms with Crippen LogP contribution < -0.4 is 10.6 Å². The molecule has 0 spiro atoms. The number of rotatable bonds is 6. The van der Waals surface area contributed by atoms with Gasteiger partial charge in [0.25, 0.3) is 0 Å². The van der Waals surface area contributed by atoms with Crippen LogP contribution >= 0.6 is 0 Å².